The van der Waals surface area contributed by atoms with Crippen molar-refractivity contribution in [3.05, 3.63) is 78.0 Å². The molecule has 0 aliphatic rings. The van der Waals surface area contributed by atoms with Crippen LogP contribution in [0.25, 0.3) is 22.3 Å². The number of amides is 1. The van der Waals surface area contributed by atoms with Crippen LogP contribution in [0.5, 0.6) is 0 Å². The Morgan fingerprint density at radius 2 is 1.79 bits per heavy atom. The fraction of sp³-hybridized carbons (Fsp3) is 0.174. The van der Waals surface area contributed by atoms with E-state index in [1.54, 1.807) is 6.20 Å². The number of nitrogens with zero attached hydrogens (tertiary/aromatic N) is 3. The van der Waals surface area contributed by atoms with Crippen molar-refractivity contribution in [2.24, 2.45) is 0 Å². The number of aromatic nitrogens is 3. The Morgan fingerprint density at radius 1 is 1.04 bits per heavy atom. The number of fused-ring (bicyclic) bond motifs is 1. The lowest BCUT2D eigenvalue weighted by Crippen LogP contribution is -2.13. The van der Waals surface area contributed by atoms with Gasteiger partial charge in [-0.2, -0.15) is 5.10 Å². The minimum absolute atomic E-state index is 0.163. The lowest BCUT2D eigenvalue weighted by molar-refractivity contribution is 0.102. The van der Waals surface area contributed by atoms with Gasteiger partial charge in [-0.25, -0.2) is 9.67 Å². The van der Waals surface area contributed by atoms with Gasteiger partial charge in [0.15, 0.2) is 5.65 Å². The van der Waals surface area contributed by atoms with Crippen LogP contribution in [0.3, 0.4) is 0 Å². The largest absolute Gasteiger partial charge is 0.322 e. The SMILES string of the molecule is CCc1ccc(NC(=O)c2cc(-c3ccccc3)nc3c2cnn3CC)cc1. The van der Waals surface area contributed by atoms with Gasteiger partial charge < -0.3 is 5.32 Å². The number of anilines is 1. The molecule has 0 spiro atoms. The van der Waals surface area contributed by atoms with Gasteiger partial charge in [0.1, 0.15) is 0 Å². The molecule has 5 heteroatoms. The highest BCUT2D eigenvalue weighted by Crippen LogP contribution is 2.25. The first-order valence-electron chi connectivity index (χ1n) is 9.52. The average molecular weight is 370 g/mol. The van der Waals surface area contributed by atoms with E-state index in [-0.39, 0.29) is 5.91 Å². The lowest BCUT2D eigenvalue weighted by Gasteiger charge is -2.10. The van der Waals surface area contributed by atoms with E-state index in [0.717, 1.165) is 34.4 Å². The molecular weight excluding hydrogens is 348 g/mol. The quantitative estimate of drug-likeness (QED) is 0.542. The topological polar surface area (TPSA) is 59.8 Å². The number of benzene rings is 2. The van der Waals surface area contributed by atoms with Crippen LogP contribution in [-0.2, 0) is 13.0 Å². The van der Waals surface area contributed by atoms with Crippen molar-refractivity contribution < 1.29 is 4.79 Å². The van der Waals surface area contributed by atoms with Gasteiger partial charge in [-0.15, -0.1) is 0 Å². The Bertz CT molecular complexity index is 1110. The Balaban J connectivity index is 1.78. The first kappa shape index (κ1) is 17.9. The summed E-state index contributed by atoms with van der Waals surface area (Å²) >= 11 is 0. The summed E-state index contributed by atoms with van der Waals surface area (Å²) in [5, 5.41) is 8.15. The maximum Gasteiger partial charge on any atom is 0.256 e. The number of hydrogen-bond donors (Lipinski definition) is 1. The molecule has 1 N–H and O–H groups in total. The van der Waals surface area contributed by atoms with Gasteiger partial charge in [0, 0.05) is 17.8 Å². The summed E-state index contributed by atoms with van der Waals surface area (Å²) in [6.07, 6.45) is 2.69. The minimum Gasteiger partial charge on any atom is -0.322 e. The van der Waals surface area contributed by atoms with E-state index in [1.807, 2.05) is 72.3 Å². The van der Waals surface area contributed by atoms with Crippen LogP contribution >= 0.6 is 0 Å². The summed E-state index contributed by atoms with van der Waals surface area (Å²) in [7, 11) is 0. The van der Waals surface area contributed by atoms with Crippen molar-refractivity contribution >= 4 is 22.6 Å². The maximum atomic E-state index is 13.1. The molecule has 5 nitrogen and oxygen atoms in total. The molecule has 140 valence electrons. The molecule has 4 aromatic rings. The van der Waals surface area contributed by atoms with Crippen LogP contribution in [0.15, 0.2) is 66.9 Å². The normalized spacial score (nSPS) is 10.9. The summed E-state index contributed by atoms with van der Waals surface area (Å²) in [5.41, 5.74) is 5.03. The number of pyridine rings is 1. The van der Waals surface area contributed by atoms with Crippen molar-refractivity contribution in [1.82, 2.24) is 14.8 Å². The highest BCUT2D eigenvalue weighted by Gasteiger charge is 2.17. The van der Waals surface area contributed by atoms with Crippen LogP contribution in [-0.4, -0.2) is 20.7 Å². The minimum atomic E-state index is -0.163. The van der Waals surface area contributed by atoms with E-state index in [9.17, 15) is 4.79 Å². The average Bonchev–Trinajstić information content (AvgIpc) is 3.17. The van der Waals surface area contributed by atoms with Crippen molar-refractivity contribution in [1.29, 1.82) is 0 Å². The second-order valence-corrected chi connectivity index (χ2v) is 6.62. The van der Waals surface area contributed by atoms with Gasteiger partial charge in [-0.1, -0.05) is 49.4 Å². The molecule has 1 amide bonds. The van der Waals surface area contributed by atoms with Crippen LogP contribution in [0.1, 0.15) is 29.8 Å². The van der Waals surface area contributed by atoms with Crippen LogP contribution in [0.4, 0.5) is 5.69 Å². The molecule has 2 aromatic heterocycles. The Labute approximate surface area is 164 Å². The first-order valence-corrected chi connectivity index (χ1v) is 9.52. The molecule has 2 aromatic carbocycles. The lowest BCUT2D eigenvalue weighted by atomic mass is 10.1. The molecule has 0 saturated carbocycles. The fourth-order valence-electron chi connectivity index (χ4n) is 3.25. The molecule has 0 saturated heterocycles. The van der Waals surface area contributed by atoms with Crippen molar-refractivity contribution in [3.63, 3.8) is 0 Å². The zero-order valence-electron chi connectivity index (χ0n) is 16.0. The third-order valence-corrected chi connectivity index (χ3v) is 4.84. The maximum absolute atomic E-state index is 13.1. The van der Waals surface area contributed by atoms with Gasteiger partial charge in [0.25, 0.3) is 5.91 Å². The summed E-state index contributed by atoms with van der Waals surface area (Å²) in [6, 6.07) is 19.6. The number of rotatable bonds is 5. The molecule has 0 radical (unpaired) electrons. The number of hydrogen-bond acceptors (Lipinski definition) is 3. The van der Waals surface area contributed by atoms with Crippen molar-refractivity contribution in [3.8, 4) is 11.3 Å². The van der Waals surface area contributed by atoms with E-state index < -0.39 is 0 Å². The first-order chi connectivity index (χ1) is 13.7. The molecule has 0 atom stereocenters. The summed E-state index contributed by atoms with van der Waals surface area (Å²) in [6.45, 7) is 4.81. The highest BCUT2D eigenvalue weighted by molar-refractivity contribution is 6.12. The molecule has 4 rings (SSSR count). The Hall–Kier alpha value is -3.47. The second kappa shape index (κ2) is 7.64. The predicted octanol–water partition coefficient (Wildman–Crippen LogP) is 4.93. The molecule has 28 heavy (non-hydrogen) atoms. The second-order valence-electron chi connectivity index (χ2n) is 6.62. The van der Waals surface area contributed by atoms with Crippen LogP contribution in [0.2, 0.25) is 0 Å². The molecular formula is C23H22N4O. The number of nitrogens with one attached hydrogen (secondary N) is 1. The summed E-state index contributed by atoms with van der Waals surface area (Å²) in [4.78, 5) is 17.9. The Morgan fingerprint density at radius 3 is 2.46 bits per heavy atom. The highest BCUT2D eigenvalue weighted by atomic mass is 16.1. The molecule has 2 heterocycles. The van der Waals surface area contributed by atoms with Gasteiger partial charge >= 0.3 is 0 Å². The summed E-state index contributed by atoms with van der Waals surface area (Å²) in [5.74, 6) is -0.163. The monoisotopic (exact) mass is 370 g/mol. The third-order valence-electron chi connectivity index (χ3n) is 4.84. The predicted molar refractivity (Wildman–Crippen MR) is 112 cm³/mol. The smallest absolute Gasteiger partial charge is 0.256 e. The third kappa shape index (κ3) is 3.39. The van der Waals surface area contributed by atoms with E-state index >= 15 is 0 Å². The zero-order valence-corrected chi connectivity index (χ0v) is 16.0. The van der Waals surface area contributed by atoms with E-state index in [4.69, 9.17) is 4.98 Å². The Kier molecular flexibility index (Phi) is 4.89. The van der Waals surface area contributed by atoms with Crippen LogP contribution < -0.4 is 5.32 Å². The van der Waals surface area contributed by atoms with Crippen molar-refractivity contribution in [2.75, 3.05) is 5.32 Å². The molecule has 0 aliphatic carbocycles. The zero-order chi connectivity index (χ0) is 19.5. The van der Waals surface area contributed by atoms with E-state index in [0.29, 0.717) is 12.1 Å². The van der Waals surface area contributed by atoms with Crippen LogP contribution in [0, 0.1) is 0 Å². The molecule has 0 fully saturated rings. The van der Waals surface area contributed by atoms with Gasteiger partial charge in [-0.05, 0) is 37.1 Å². The number of carbonyl (C=O) groups is 1. The van der Waals surface area contributed by atoms with Crippen molar-refractivity contribution in [2.45, 2.75) is 26.8 Å². The molecule has 0 aliphatic heterocycles. The van der Waals surface area contributed by atoms with Gasteiger partial charge in [0.2, 0.25) is 0 Å². The van der Waals surface area contributed by atoms with E-state index in [1.165, 1.54) is 5.56 Å². The molecule has 0 bridgehead atoms. The number of aryl methyl sites for hydroxylation is 2. The van der Waals surface area contributed by atoms with E-state index in [2.05, 4.69) is 17.3 Å². The van der Waals surface area contributed by atoms with Gasteiger partial charge in [0.05, 0.1) is 22.8 Å². The standard InChI is InChI=1S/C23H22N4O/c1-3-16-10-12-18(13-11-16)25-23(28)19-14-21(17-8-6-5-7-9-17)26-22-20(19)15-24-27(22)4-2/h5-15H,3-4H2,1-2H3,(H,25,28). The summed E-state index contributed by atoms with van der Waals surface area (Å²) < 4.78 is 1.81. The molecule has 0 unspecified atom stereocenters. The number of carbonyl (C=O) groups excluding carboxylic acids is 1. The fourth-order valence-corrected chi connectivity index (χ4v) is 3.25. The van der Waals surface area contributed by atoms with Gasteiger partial charge in [-0.3, -0.25) is 4.79 Å².